The van der Waals surface area contributed by atoms with Crippen LogP contribution >= 0.6 is 0 Å². The SMILES string of the molecule is CCNC(c1cnccc1C)C(C)(C)N(CC)CC. The Kier molecular flexibility index (Phi) is 5.95. The third kappa shape index (κ3) is 3.54. The van der Waals surface area contributed by atoms with Crippen LogP contribution in [0.2, 0.25) is 0 Å². The molecule has 1 rings (SSSR count). The fourth-order valence-corrected chi connectivity index (χ4v) is 2.94. The number of nitrogens with one attached hydrogen (secondary N) is 1. The molecule has 0 aliphatic heterocycles. The fraction of sp³-hybridized carbons (Fsp3) is 0.688. The van der Waals surface area contributed by atoms with Crippen LogP contribution in [0, 0.1) is 6.92 Å². The summed E-state index contributed by atoms with van der Waals surface area (Å²) >= 11 is 0. The molecule has 0 aliphatic rings. The van der Waals surface area contributed by atoms with Gasteiger partial charge in [0.2, 0.25) is 0 Å². The summed E-state index contributed by atoms with van der Waals surface area (Å²) in [6, 6.07) is 2.39. The van der Waals surface area contributed by atoms with Crippen molar-refractivity contribution in [1.82, 2.24) is 15.2 Å². The second kappa shape index (κ2) is 7.01. The summed E-state index contributed by atoms with van der Waals surface area (Å²) in [7, 11) is 0. The monoisotopic (exact) mass is 263 g/mol. The maximum atomic E-state index is 4.31. The fourth-order valence-electron chi connectivity index (χ4n) is 2.94. The molecule has 1 unspecified atom stereocenters. The van der Waals surface area contributed by atoms with Crippen molar-refractivity contribution in [3.05, 3.63) is 29.6 Å². The predicted octanol–water partition coefficient (Wildman–Crippen LogP) is 3.16. The van der Waals surface area contributed by atoms with Gasteiger partial charge >= 0.3 is 0 Å². The highest BCUT2D eigenvalue weighted by Crippen LogP contribution is 2.32. The molecule has 1 aromatic heterocycles. The number of rotatable bonds is 7. The Balaban J connectivity index is 3.16. The van der Waals surface area contributed by atoms with E-state index in [9.17, 15) is 0 Å². The van der Waals surface area contributed by atoms with E-state index in [1.165, 1.54) is 11.1 Å². The minimum atomic E-state index is 0.0628. The number of hydrogen-bond acceptors (Lipinski definition) is 3. The topological polar surface area (TPSA) is 28.2 Å². The molecule has 3 nitrogen and oxygen atoms in total. The number of likely N-dealkylation sites (N-methyl/N-ethyl adjacent to an activating group) is 2. The quantitative estimate of drug-likeness (QED) is 0.819. The van der Waals surface area contributed by atoms with E-state index in [0.29, 0.717) is 6.04 Å². The van der Waals surface area contributed by atoms with Gasteiger partial charge in [0.1, 0.15) is 0 Å². The summed E-state index contributed by atoms with van der Waals surface area (Å²) in [6.45, 7) is 16.5. The van der Waals surface area contributed by atoms with Crippen molar-refractivity contribution in [2.24, 2.45) is 0 Å². The number of aromatic nitrogens is 1. The zero-order chi connectivity index (χ0) is 14.5. The van der Waals surface area contributed by atoms with E-state index in [-0.39, 0.29) is 5.54 Å². The molecule has 0 spiro atoms. The zero-order valence-electron chi connectivity index (χ0n) is 13.3. The molecular formula is C16H29N3. The lowest BCUT2D eigenvalue weighted by atomic mass is 9.85. The second-order valence-electron chi connectivity index (χ2n) is 5.55. The lowest BCUT2D eigenvalue weighted by molar-refractivity contribution is 0.0915. The van der Waals surface area contributed by atoms with Gasteiger partial charge in [-0.05, 0) is 57.6 Å². The van der Waals surface area contributed by atoms with Crippen LogP contribution < -0.4 is 5.32 Å². The molecule has 3 heteroatoms. The number of pyridine rings is 1. The van der Waals surface area contributed by atoms with Crippen LogP contribution in [-0.4, -0.2) is 35.1 Å². The molecule has 0 aromatic carbocycles. The second-order valence-corrected chi connectivity index (χ2v) is 5.55. The Hall–Kier alpha value is -0.930. The van der Waals surface area contributed by atoms with Crippen LogP contribution in [0.25, 0.3) is 0 Å². The van der Waals surface area contributed by atoms with Gasteiger partial charge in [-0.1, -0.05) is 20.8 Å². The lowest BCUT2D eigenvalue weighted by Crippen LogP contribution is -2.52. The summed E-state index contributed by atoms with van der Waals surface area (Å²) in [4.78, 5) is 6.82. The summed E-state index contributed by atoms with van der Waals surface area (Å²) in [5.41, 5.74) is 2.68. The van der Waals surface area contributed by atoms with Crippen molar-refractivity contribution in [1.29, 1.82) is 0 Å². The van der Waals surface area contributed by atoms with Crippen molar-refractivity contribution >= 4 is 0 Å². The highest BCUT2D eigenvalue weighted by Gasteiger charge is 2.35. The molecule has 0 saturated carbocycles. The average Bonchev–Trinajstić information content (AvgIpc) is 2.38. The molecule has 1 atom stereocenters. The van der Waals surface area contributed by atoms with Gasteiger partial charge in [-0.15, -0.1) is 0 Å². The normalized spacial score (nSPS) is 13.8. The van der Waals surface area contributed by atoms with Crippen molar-refractivity contribution in [3.63, 3.8) is 0 Å². The Morgan fingerprint density at radius 1 is 1.26 bits per heavy atom. The Labute approximate surface area is 118 Å². The molecule has 1 N–H and O–H groups in total. The van der Waals surface area contributed by atoms with Crippen LogP contribution in [0.3, 0.4) is 0 Å². The highest BCUT2D eigenvalue weighted by atomic mass is 15.2. The number of aryl methyl sites for hydroxylation is 1. The lowest BCUT2D eigenvalue weighted by Gasteiger charge is -2.44. The minimum absolute atomic E-state index is 0.0628. The van der Waals surface area contributed by atoms with Gasteiger partial charge < -0.3 is 5.32 Å². The van der Waals surface area contributed by atoms with Crippen LogP contribution in [0.5, 0.6) is 0 Å². The zero-order valence-corrected chi connectivity index (χ0v) is 13.3. The molecule has 1 aromatic rings. The van der Waals surface area contributed by atoms with Gasteiger partial charge in [0.15, 0.2) is 0 Å². The van der Waals surface area contributed by atoms with E-state index in [1.807, 2.05) is 12.4 Å². The Morgan fingerprint density at radius 2 is 1.89 bits per heavy atom. The Bertz CT molecular complexity index is 383. The maximum Gasteiger partial charge on any atom is 0.0519 e. The molecule has 0 fully saturated rings. The third-order valence-electron chi connectivity index (χ3n) is 4.08. The molecule has 0 saturated heterocycles. The van der Waals surface area contributed by atoms with Crippen LogP contribution in [0.15, 0.2) is 18.5 Å². The molecule has 0 amide bonds. The third-order valence-corrected chi connectivity index (χ3v) is 4.08. The molecule has 108 valence electrons. The highest BCUT2D eigenvalue weighted by molar-refractivity contribution is 5.28. The molecule has 0 aliphatic carbocycles. The first-order valence-electron chi connectivity index (χ1n) is 7.37. The number of hydrogen-bond donors (Lipinski definition) is 1. The van der Waals surface area contributed by atoms with Gasteiger partial charge in [0.05, 0.1) is 6.04 Å². The summed E-state index contributed by atoms with van der Waals surface area (Å²) in [5.74, 6) is 0. The van der Waals surface area contributed by atoms with Gasteiger partial charge in [0, 0.05) is 17.9 Å². The first-order chi connectivity index (χ1) is 8.98. The predicted molar refractivity (Wildman–Crippen MR) is 82.4 cm³/mol. The van der Waals surface area contributed by atoms with Crippen molar-refractivity contribution in [2.45, 2.75) is 53.1 Å². The van der Waals surface area contributed by atoms with Crippen molar-refractivity contribution < 1.29 is 0 Å². The molecule has 0 bridgehead atoms. The van der Waals surface area contributed by atoms with Gasteiger partial charge in [0.25, 0.3) is 0 Å². The van der Waals surface area contributed by atoms with E-state index in [2.05, 4.69) is 62.8 Å². The van der Waals surface area contributed by atoms with Crippen LogP contribution in [0.1, 0.15) is 51.8 Å². The number of nitrogens with zero attached hydrogens (tertiary/aromatic N) is 2. The van der Waals surface area contributed by atoms with Crippen molar-refractivity contribution in [2.75, 3.05) is 19.6 Å². The first kappa shape index (κ1) is 16.1. The molecule has 0 radical (unpaired) electrons. The maximum absolute atomic E-state index is 4.31. The molecular weight excluding hydrogens is 234 g/mol. The van der Waals surface area contributed by atoms with Gasteiger partial charge in [-0.3, -0.25) is 9.88 Å². The molecule has 19 heavy (non-hydrogen) atoms. The Morgan fingerprint density at radius 3 is 2.37 bits per heavy atom. The standard InChI is InChI=1S/C16H29N3/c1-7-18-15(14-12-17-11-10-13(14)4)16(5,6)19(8-2)9-3/h10-12,15,18H,7-9H2,1-6H3. The van der Waals surface area contributed by atoms with E-state index in [0.717, 1.165) is 19.6 Å². The minimum Gasteiger partial charge on any atom is -0.309 e. The summed E-state index contributed by atoms with van der Waals surface area (Å²) in [6.07, 6.45) is 3.88. The van der Waals surface area contributed by atoms with E-state index >= 15 is 0 Å². The largest absolute Gasteiger partial charge is 0.309 e. The van der Waals surface area contributed by atoms with E-state index < -0.39 is 0 Å². The van der Waals surface area contributed by atoms with Crippen LogP contribution in [0.4, 0.5) is 0 Å². The summed E-state index contributed by atoms with van der Waals surface area (Å²) in [5, 5.41) is 3.65. The van der Waals surface area contributed by atoms with Gasteiger partial charge in [-0.2, -0.15) is 0 Å². The smallest absolute Gasteiger partial charge is 0.0519 e. The van der Waals surface area contributed by atoms with E-state index in [1.54, 1.807) is 0 Å². The van der Waals surface area contributed by atoms with Crippen molar-refractivity contribution in [3.8, 4) is 0 Å². The first-order valence-corrected chi connectivity index (χ1v) is 7.37. The van der Waals surface area contributed by atoms with Gasteiger partial charge in [-0.25, -0.2) is 0 Å². The van der Waals surface area contributed by atoms with E-state index in [4.69, 9.17) is 0 Å². The molecule has 1 heterocycles. The average molecular weight is 263 g/mol. The van der Waals surface area contributed by atoms with Crippen LogP contribution in [-0.2, 0) is 0 Å². The summed E-state index contributed by atoms with van der Waals surface area (Å²) < 4.78 is 0.